The predicted molar refractivity (Wildman–Crippen MR) is 85.2 cm³/mol. The predicted octanol–water partition coefficient (Wildman–Crippen LogP) is 1.38. The summed E-state index contributed by atoms with van der Waals surface area (Å²) in [5.74, 6) is -0.635. The van der Waals surface area contributed by atoms with Crippen LogP contribution < -0.4 is 11.1 Å². The Morgan fingerprint density at radius 2 is 2.05 bits per heavy atom. The number of halogens is 2. The summed E-state index contributed by atoms with van der Waals surface area (Å²) in [6.07, 6.45) is 0. The molecule has 1 unspecified atom stereocenters. The number of anilines is 1. The Bertz CT molecular complexity index is 509. The molecule has 6 nitrogen and oxygen atoms in total. The second-order valence-electron chi connectivity index (χ2n) is 4.45. The number of nitrogens with two attached hydrogens (primary N) is 1. The Kier molecular flexibility index (Phi) is 8.27. The van der Waals surface area contributed by atoms with Crippen LogP contribution >= 0.6 is 24.0 Å². The fourth-order valence-electron chi connectivity index (χ4n) is 1.50. The van der Waals surface area contributed by atoms with Gasteiger partial charge in [0.1, 0.15) is 6.04 Å². The van der Waals surface area contributed by atoms with E-state index in [9.17, 15) is 9.59 Å². The minimum atomic E-state index is -0.774. The van der Waals surface area contributed by atoms with E-state index >= 15 is 0 Å². The molecule has 1 aromatic carbocycles. The van der Waals surface area contributed by atoms with Crippen LogP contribution in [0, 0.1) is 0 Å². The second-order valence-corrected chi connectivity index (χ2v) is 4.85. The van der Waals surface area contributed by atoms with Crippen molar-refractivity contribution < 1.29 is 14.3 Å². The van der Waals surface area contributed by atoms with Gasteiger partial charge in [-0.25, -0.2) is 0 Å². The zero-order valence-electron chi connectivity index (χ0n) is 12.1. The summed E-state index contributed by atoms with van der Waals surface area (Å²) in [6, 6.07) is 3.90. The third kappa shape index (κ3) is 5.51. The highest BCUT2D eigenvalue weighted by Gasteiger charge is 2.16. The topological polar surface area (TPSA) is 84.7 Å². The average molecular weight is 336 g/mol. The molecule has 0 bridgehead atoms. The van der Waals surface area contributed by atoms with E-state index in [1.165, 1.54) is 18.1 Å². The normalized spacial score (nSPS) is 11.3. The first-order valence-electron chi connectivity index (χ1n) is 5.93. The lowest BCUT2D eigenvalue weighted by atomic mass is 10.1. The number of carbonyl (C=O) groups is 2. The molecule has 0 saturated carbocycles. The standard InChI is InChI=1S/C13H18ClN3O3.ClH/c1-17(2)13(19)9-6-8(4-5-10(9)14)16-12(18)11(15)7-20-3;/h4-6,11H,7,15H2,1-3H3,(H,16,18);1H. The van der Waals surface area contributed by atoms with Gasteiger partial charge in [-0.1, -0.05) is 11.6 Å². The van der Waals surface area contributed by atoms with Crippen LogP contribution in [0.15, 0.2) is 18.2 Å². The van der Waals surface area contributed by atoms with E-state index in [4.69, 9.17) is 22.1 Å². The maximum atomic E-state index is 11.9. The Morgan fingerprint density at radius 1 is 1.43 bits per heavy atom. The number of benzene rings is 1. The number of amides is 2. The molecular formula is C13H19Cl2N3O3. The van der Waals surface area contributed by atoms with Crippen molar-refractivity contribution in [3.63, 3.8) is 0 Å². The highest BCUT2D eigenvalue weighted by atomic mass is 35.5. The Morgan fingerprint density at radius 3 is 2.57 bits per heavy atom. The first-order valence-corrected chi connectivity index (χ1v) is 6.31. The molecule has 21 heavy (non-hydrogen) atoms. The fourth-order valence-corrected chi connectivity index (χ4v) is 1.70. The maximum absolute atomic E-state index is 11.9. The fraction of sp³-hybridized carbons (Fsp3) is 0.385. The molecule has 8 heteroatoms. The molecule has 118 valence electrons. The van der Waals surface area contributed by atoms with Crippen LogP contribution in [0.25, 0.3) is 0 Å². The second kappa shape index (κ2) is 8.84. The molecule has 0 fully saturated rings. The van der Waals surface area contributed by atoms with E-state index in [1.54, 1.807) is 26.2 Å². The number of hydrogen-bond donors (Lipinski definition) is 2. The Balaban J connectivity index is 0.00000400. The van der Waals surface area contributed by atoms with E-state index in [-0.39, 0.29) is 24.9 Å². The van der Waals surface area contributed by atoms with Crippen LogP contribution in [0.5, 0.6) is 0 Å². The summed E-state index contributed by atoms with van der Waals surface area (Å²) in [4.78, 5) is 25.1. The molecule has 1 rings (SSSR count). The van der Waals surface area contributed by atoms with Crippen molar-refractivity contribution in [3.8, 4) is 0 Å². The Hall–Kier alpha value is -1.34. The molecule has 0 radical (unpaired) electrons. The number of carbonyl (C=O) groups excluding carboxylic acids is 2. The lowest BCUT2D eigenvalue weighted by Gasteiger charge is -2.14. The van der Waals surface area contributed by atoms with Crippen molar-refractivity contribution in [2.75, 3.05) is 33.1 Å². The van der Waals surface area contributed by atoms with E-state index in [0.717, 1.165) is 0 Å². The quantitative estimate of drug-likeness (QED) is 0.851. The molecule has 1 atom stereocenters. The van der Waals surface area contributed by atoms with Crippen molar-refractivity contribution in [2.24, 2.45) is 5.73 Å². The van der Waals surface area contributed by atoms with Gasteiger partial charge in [-0.15, -0.1) is 12.4 Å². The summed E-state index contributed by atoms with van der Waals surface area (Å²) >= 11 is 5.98. The Labute approximate surface area is 135 Å². The SMILES string of the molecule is COCC(N)C(=O)Nc1ccc(Cl)c(C(=O)N(C)C)c1.Cl. The van der Waals surface area contributed by atoms with Crippen LogP contribution in [0.2, 0.25) is 5.02 Å². The van der Waals surface area contributed by atoms with Gasteiger partial charge < -0.3 is 20.7 Å². The highest BCUT2D eigenvalue weighted by molar-refractivity contribution is 6.34. The van der Waals surface area contributed by atoms with Gasteiger partial charge in [0.15, 0.2) is 0 Å². The van der Waals surface area contributed by atoms with Gasteiger partial charge in [0.05, 0.1) is 17.2 Å². The summed E-state index contributed by atoms with van der Waals surface area (Å²) in [5.41, 5.74) is 6.38. The van der Waals surface area contributed by atoms with Crippen molar-refractivity contribution in [3.05, 3.63) is 28.8 Å². The number of nitrogens with one attached hydrogen (secondary N) is 1. The van der Waals surface area contributed by atoms with Crippen molar-refractivity contribution >= 4 is 41.5 Å². The van der Waals surface area contributed by atoms with Crippen molar-refractivity contribution in [2.45, 2.75) is 6.04 Å². The van der Waals surface area contributed by atoms with E-state index in [0.29, 0.717) is 16.3 Å². The van der Waals surface area contributed by atoms with Gasteiger partial charge in [0, 0.05) is 26.9 Å². The van der Waals surface area contributed by atoms with Gasteiger partial charge in [0.25, 0.3) is 5.91 Å². The first kappa shape index (κ1) is 19.7. The summed E-state index contributed by atoms with van der Waals surface area (Å²) in [5, 5.41) is 2.94. The molecule has 1 aromatic rings. The van der Waals surface area contributed by atoms with Gasteiger partial charge in [-0.2, -0.15) is 0 Å². The summed E-state index contributed by atoms with van der Waals surface area (Å²) in [7, 11) is 4.71. The van der Waals surface area contributed by atoms with Crippen LogP contribution in [0.3, 0.4) is 0 Å². The van der Waals surface area contributed by atoms with Crippen LogP contribution in [0.1, 0.15) is 10.4 Å². The minimum absolute atomic E-state index is 0. The van der Waals surface area contributed by atoms with Gasteiger partial charge in [0.2, 0.25) is 5.91 Å². The molecule has 2 amide bonds. The van der Waals surface area contributed by atoms with E-state index in [2.05, 4.69) is 5.32 Å². The van der Waals surface area contributed by atoms with Crippen molar-refractivity contribution in [1.82, 2.24) is 4.90 Å². The molecule has 0 heterocycles. The number of nitrogens with zero attached hydrogens (tertiary/aromatic N) is 1. The minimum Gasteiger partial charge on any atom is -0.383 e. The largest absolute Gasteiger partial charge is 0.383 e. The smallest absolute Gasteiger partial charge is 0.254 e. The monoisotopic (exact) mass is 335 g/mol. The van der Waals surface area contributed by atoms with Gasteiger partial charge >= 0.3 is 0 Å². The van der Waals surface area contributed by atoms with E-state index in [1.807, 2.05) is 0 Å². The molecular weight excluding hydrogens is 317 g/mol. The molecule has 0 aliphatic carbocycles. The zero-order valence-corrected chi connectivity index (χ0v) is 13.6. The van der Waals surface area contributed by atoms with Crippen molar-refractivity contribution in [1.29, 1.82) is 0 Å². The molecule has 0 aromatic heterocycles. The molecule has 0 aliphatic rings. The number of ether oxygens (including phenoxy) is 1. The molecule has 0 saturated heterocycles. The zero-order chi connectivity index (χ0) is 15.3. The van der Waals surface area contributed by atoms with Crippen LogP contribution in [-0.4, -0.2) is 50.6 Å². The first-order chi connectivity index (χ1) is 9.36. The summed E-state index contributed by atoms with van der Waals surface area (Å²) in [6.45, 7) is 0.114. The molecule has 3 N–H and O–H groups in total. The highest BCUT2D eigenvalue weighted by Crippen LogP contribution is 2.21. The third-order valence-electron chi connectivity index (χ3n) is 2.55. The summed E-state index contributed by atoms with van der Waals surface area (Å²) < 4.78 is 4.81. The van der Waals surface area contributed by atoms with Gasteiger partial charge in [-0.3, -0.25) is 9.59 Å². The van der Waals surface area contributed by atoms with Crippen LogP contribution in [0.4, 0.5) is 5.69 Å². The lowest BCUT2D eigenvalue weighted by molar-refractivity contribution is -0.118. The average Bonchev–Trinajstić information content (AvgIpc) is 2.40. The molecule has 0 aliphatic heterocycles. The molecule has 0 spiro atoms. The van der Waals surface area contributed by atoms with E-state index < -0.39 is 11.9 Å². The number of hydrogen-bond acceptors (Lipinski definition) is 4. The number of methoxy groups -OCH3 is 1. The van der Waals surface area contributed by atoms with Crippen LogP contribution in [-0.2, 0) is 9.53 Å². The lowest BCUT2D eigenvalue weighted by Crippen LogP contribution is -2.39. The number of rotatable bonds is 5. The van der Waals surface area contributed by atoms with Gasteiger partial charge in [-0.05, 0) is 18.2 Å². The third-order valence-corrected chi connectivity index (χ3v) is 2.88. The maximum Gasteiger partial charge on any atom is 0.254 e.